The van der Waals surface area contributed by atoms with Gasteiger partial charge in [-0.3, -0.25) is 4.79 Å². The molecular formula is C20H22N2O4S. The molecule has 0 saturated carbocycles. The van der Waals surface area contributed by atoms with Gasteiger partial charge in [-0.15, -0.1) is 0 Å². The maximum Gasteiger partial charge on any atom is 0.321 e. The summed E-state index contributed by atoms with van der Waals surface area (Å²) in [5.74, 6) is 0.156. The number of hydrogen-bond donors (Lipinski definition) is 1. The first-order chi connectivity index (χ1) is 12.7. The number of carbonyl (C=O) groups is 2. The first-order valence-electron chi connectivity index (χ1n) is 8.71. The van der Waals surface area contributed by atoms with Crippen molar-refractivity contribution in [2.75, 3.05) is 23.9 Å². The monoisotopic (exact) mass is 386 g/mol. The quantitative estimate of drug-likeness (QED) is 0.818. The standard InChI is InChI=1S/C20H22N2O4S/c1-14(23)16-4-3-5-17(12-16)15-6-8-18(9-7-15)21-20(24)22(2)19-10-11-27(25,26)13-19/h3-9,12,19H,10-11,13H2,1-2H3,(H,21,24)/t19-/m1/s1. The number of anilines is 1. The van der Waals surface area contributed by atoms with E-state index in [1.807, 2.05) is 30.3 Å². The van der Waals surface area contributed by atoms with Crippen LogP contribution in [0.2, 0.25) is 0 Å². The van der Waals surface area contributed by atoms with Gasteiger partial charge in [0, 0.05) is 24.3 Å². The molecule has 0 bridgehead atoms. The van der Waals surface area contributed by atoms with Gasteiger partial charge in [-0.1, -0.05) is 30.3 Å². The highest BCUT2D eigenvalue weighted by Gasteiger charge is 2.32. The average molecular weight is 386 g/mol. The SMILES string of the molecule is CC(=O)c1cccc(-c2ccc(NC(=O)N(C)[C@@H]3CCS(=O)(=O)C3)cc2)c1. The Morgan fingerprint density at radius 1 is 1.07 bits per heavy atom. The molecule has 0 spiro atoms. The number of rotatable bonds is 4. The normalized spacial score (nSPS) is 18.1. The summed E-state index contributed by atoms with van der Waals surface area (Å²) in [4.78, 5) is 25.3. The molecule has 27 heavy (non-hydrogen) atoms. The number of nitrogens with one attached hydrogen (secondary N) is 1. The summed E-state index contributed by atoms with van der Waals surface area (Å²) in [7, 11) is -1.42. The number of sulfone groups is 1. The lowest BCUT2D eigenvalue weighted by atomic mass is 10.0. The molecule has 2 amide bonds. The second-order valence-electron chi connectivity index (χ2n) is 6.81. The summed E-state index contributed by atoms with van der Waals surface area (Å²) in [6.45, 7) is 1.53. The van der Waals surface area contributed by atoms with E-state index in [1.54, 1.807) is 25.2 Å². The van der Waals surface area contributed by atoms with E-state index in [4.69, 9.17) is 0 Å². The smallest absolute Gasteiger partial charge is 0.321 e. The van der Waals surface area contributed by atoms with Crippen molar-refractivity contribution >= 4 is 27.3 Å². The highest BCUT2D eigenvalue weighted by Crippen LogP contribution is 2.23. The molecule has 1 aliphatic heterocycles. The van der Waals surface area contributed by atoms with Crippen LogP contribution in [-0.4, -0.2) is 49.7 Å². The Kier molecular flexibility index (Phi) is 5.32. The van der Waals surface area contributed by atoms with Crippen molar-refractivity contribution in [2.24, 2.45) is 0 Å². The van der Waals surface area contributed by atoms with Crippen molar-refractivity contribution in [1.82, 2.24) is 4.90 Å². The minimum atomic E-state index is -3.04. The highest BCUT2D eigenvalue weighted by molar-refractivity contribution is 7.91. The molecule has 0 radical (unpaired) electrons. The number of amides is 2. The Labute approximate surface area is 159 Å². The number of ketones is 1. The van der Waals surface area contributed by atoms with E-state index in [9.17, 15) is 18.0 Å². The Balaban J connectivity index is 1.68. The lowest BCUT2D eigenvalue weighted by Gasteiger charge is -2.23. The summed E-state index contributed by atoms with van der Waals surface area (Å²) in [6.07, 6.45) is 0.470. The summed E-state index contributed by atoms with van der Waals surface area (Å²) >= 11 is 0. The summed E-state index contributed by atoms with van der Waals surface area (Å²) < 4.78 is 23.2. The number of hydrogen-bond acceptors (Lipinski definition) is 4. The van der Waals surface area contributed by atoms with Crippen LogP contribution in [0.25, 0.3) is 11.1 Å². The molecule has 1 atom stereocenters. The van der Waals surface area contributed by atoms with Crippen LogP contribution in [0.1, 0.15) is 23.7 Å². The zero-order chi connectivity index (χ0) is 19.6. The molecule has 142 valence electrons. The predicted molar refractivity (Wildman–Crippen MR) is 106 cm³/mol. The van der Waals surface area contributed by atoms with Crippen LogP contribution in [0.15, 0.2) is 48.5 Å². The Morgan fingerprint density at radius 3 is 2.37 bits per heavy atom. The van der Waals surface area contributed by atoms with E-state index in [-0.39, 0.29) is 29.4 Å². The van der Waals surface area contributed by atoms with Gasteiger partial charge in [-0.25, -0.2) is 13.2 Å². The molecule has 0 unspecified atom stereocenters. The van der Waals surface area contributed by atoms with Gasteiger partial charge in [0.25, 0.3) is 0 Å². The second-order valence-corrected chi connectivity index (χ2v) is 9.04. The van der Waals surface area contributed by atoms with Crippen molar-refractivity contribution in [3.05, 3.63) is 54.1 Å². The average Bonchev–Trinajstić information content (AvgIpc) is 3.01. The van der Waals surface area contributed by atoms with Crippen molar-refractivity contribution in [2.45, 2.75) is 19.4 Å². The van der Waals surface area contributed by atoms with Gasteiger partial charge in [-0.05, 0) is 42.7 Å². The van der Waals surface area contributed by atoms with Crippen molar-refractivity contribution in [3.8, 4) is 11.1 Å². The van der Waals surface area contributed by atoms with Crippen molar-refractivity contribution in [1.29, 1.82) is 0 Å². The molecule has 1 saturated heterocycles. The molecule has 3 rings (SSSR count). The fourth-order valence-electron chi connectivity index (χ4n) is 3.12. The van der Waals surface area contributed by atoms with E-state index < -0.39 is 9.84 Å². The Morgan fingerprint density at radius 2 is 1.78 bits per heavy atom. The first-order valence-corrected chi connectivity index (χ1v) is 10.5. The molecule has 1 aliphatic rings. The van der Waals surface area contributed by atoms with Crippen molar-refractivity contribution in [3.63, 3.8) is 0 Å². The summed E-state index contributed by atoms with van der Waals surface area (Å²) in [6, 6.07) is 14.1. The molecule has 1 N–H and O–H groups in total. The molecule has 2 aromatic carbocycles. The fraction of sp³-hybridized carbons (Fsp3) is 0.300. The zero-order valence-corrected chi connectivity index (χ0v) is 16.1. The zero-order valence-electron chi connectivity index (χ0n) is 15.3. The summed E-state index contributed by atoms with van der Waals surface area (Å²) in [5, 5.41) is 2.79. The van der Waals surface area contributed by atoms with E-state index in [1.165, 1.54) is 11.8 Å². The van der Waals surface area contributed by atoms with Crippen LogP contribution in [0.5, 0.6) is 0 Å². The molecule has 1 heterocycles. The third-order valence-corrected chi connectivity index (χ3v) is 6.57. The molecule has 1 fully saturated rings. The maximum atomic E-state index is 12.4. The third-order valence-electron chi connectivity index (χ3n) is 4.82. The van der Waals surface area contributed by atoms with E-state index in [0.29, 0.717) is 17.7 Å². The van der Waals surface area contributed by atoms with E-state index in [0.717, 1.165) is 11.1 Å². The van der Waals surface area contributed by atoms with Crippen LogP contribution in [-0.2, 0) is 9.84 Å². The molecule has 6 nitrogen and oxygen atoms in total. The Hall–Kier alpha value is -2.67. The van der Waals surface area contributed by atoms with Gasteiger partial charge in [0.15, 0.2) is 15.6 Å². The minimum absolute atomic E-state index is 0.0118. The molecule has 7 heteroatoms. The number of Topliss-reactive ketones (excluding diaryl/α,β-unsaturated/α-hetero) is 1. The molecule has 0 aliphatic carbocycles. The fourth-order valence-corrected chi connectivity index (χ4v) is 4.90. The number of urea groups is 1. The lowest BCUT2D eigenvalue weighted by Crippen LogP contribution is -2.40. The van der Waals surface area contributed by atoms with E-state index in [2.05, 4.69) is 5.32 Å². The largest absolute Gasteiger partial charge is 0.324 e. The van der Waals surface area contributed by atoms with Gasteiger partial charge in [-0.2, -0.15) is 0 Å². The highest BCUT2D eigenvalue weighted by atomic mass is 32.2. The van der Waals surface area contributed by atoms with Crippen LogP contribution < -0.4 is 5.32 Å². The minimum Gasteiger partial charge on any atom is -0.324 e. The molecular weight excluding hydrogens is 364 g/mol. The van der Waals surface area contributed by atoms with Gasteiger partial charge in [0.05, 0.1) is 11.5 Å². The predicted octanol–water partition coefficient (Wildman–Crippen LogP) is 3.21. The Bertz CT molecular complexity index is 968. The maximum absolute atomic E-state index is 12.4. The topological polar surface area (TPSA) is 83.6 Å². The molecule has 0 aromatic heterocycles. The van der Waals surface area contributed by atoms with E-state index >= 15 is 0 Å². The first kappa shape index (κ1) is 19.1. The van der Waals surface area contributed by atoms with Crippen molar-refractivity contribution < 1.29 is 18.0 Å². The number of nitrogens with zero attached hydrogens (tertiary/aromatic N) is 1. The van der Waals surface area contributed by atoms with Crippen LogP contribution >= 0.6 is 0 Å². The number of carbonyl (C=O) groups excluding carboxylic acids is 2. The number of benzene rings is 2. The van der Waals surface area contributed by atoms with Crippen LogP contribution in [0, 0.1) is 0 Å². The van der Waals surface area contributed by atoms with Gasteiger partial charge in [0.2, 0.25) is 0 Å². The lowest BCUT2D eigenvalue weighted by molar-refractivity contribution is 0.101. The van der Waals surface area contributed by atoms with Gasteiger partial charge in [0.1, 0.15) is 0 Å². The summed E-state index contributed by atoms with van der Waals surface area (Å²) in [5.41, 5.74) is 3.14. The third kappa shape index (κ3) is 4.54. The van der Waals surface area contributed by atoms with Gasteiger partial charge < -0.3 is 10.2 Å². The molecule has 2 aromatic rings. The second kappa shape index (κ2) is 7.52. The van der Waals surface area contributed by atoms with Gasteiger partial charge >= 0.3 is 6.03 Å². The van der Waals surface area contributed by atoms with Crippen LogP contribution in [0.4, 0.5) is 10.5 Å². The van der Waals surface area contributed by atoms with Crippen LogP contribution in [0.3, 0.4) is 0 Å².